The summed E-state index contributed by atoms with van der Waals surface area (Å²) < 4.78 is 2.07. The summed E-state index contributed by atoms with van der Waals surface area (Å²) in [7, 11) is 0. The van der Waals surface area contributed by atoms with Gasteiger partial charge in [-0.1, -0.05) is 60.7 Å². The molecule has 0 atom stereocenters. The van der Waals surface area contributed by atoms with Gasteiger partial charge in [0.2, 0.25) is 0 Å². The SMILES string of the molecule is N#C/C(=C\c1cn(Cc2ccccc2)c2ccccc12)C(=O)Nc1ccccc1C(=O)O. The number of hydrogen-bond acceptors (Lipinski definition) is 3. The Hall–Kier alpha value is -4.63. The molecule has 0 aliphatic rings. The van der Waals surface area contributed by atoms with Crippen molar-refractivity contribution in [1.29, 1.82) is 5.26 Å². The fraction of sp³-hybridized carbons (Fsp3) is 0.0385. The molecule has 0 unspecified atom stereocenters. The van der Waals surface area contributed by atoms with Crippen molar-refractivity contribution in [3.63, 3.8) is 0 Å². The Morgan fingerprint density at radius 2 is 1.66 bits per heavy atom. The molecule has 0 spiro atoms. The number of para-hydroxylation sites is 2. The van der Waals surface area contributed by atoms with E-state index in [9.17, 15) is 20.0 Å². The highest BCUT2D eigenvalue weighted by Gasteiger charge is 2.16. The Kier molecular flexibility index (Phi) is 5.82. The molecule has 3 aromatic carbocycles. The summed E-state index contributed by atoms with van der Waals surface area (Å²) in [6, 6.07) is 25.8. The molecule has 0 aliphatic heterocycles. The van der Waals surface area contributed by atoms with Gasteiger partial charge in [0, 0.05) is 29.2 Å². The Morgan fingerprint density at radius 3 is 2.41 bits per heavy atom. The zero-order valence-electron chi connectivity index (χ0n) is 17.0. The number of carbonyl (C=O) groups is 2. The fourth-order valence-electron chi connectivity index (χ4n) is 3.57. The quantitative estimate of drug-likeness (QED) is 0.341. The van der Waals surface area contributed by atoms with Crippen LogP contribution in [0.4, 0.5) is 5.69 Å². The Balaban J connectivity index is 1.69. The number of aromatic nitrogens is 1. The van der Waals surface area contributed by atoms with Gasteiger partial charge in [0.05, 0.1) is 11.3 Å². The summed E-state index contributed by atoms with van der Waals surface area (Å²) >= 11 is 0. The molecule has 6 nitrogen and oxygen atoms in total. The van der Waals surface area contributed by atoms with Gasteiger partial charge >= 0.3 is 5.97 Å². The highest BCUT2D eigenvalue weighted by Crippen LogP contribution is 2.25. The largest absolute Gasteiger partial charge is 0.478 e. The van der Waals surface area contributed by atoms with E-state index in [4.69, 9.17) is 0 Å². The first-order valence-electron chi connectivity index (χ1n) is 9.94. The summed E-state index contributed by atoms with van der Waals surface area (Å²) in [5.41, 5.74) is 2.82. The molecule has 4 rings (SSSR count). The molecule has 0 radical (unpaired) electrons. The fourth-order valence-corrected chi connectivity index (χ4v) is 3.57. The van der Waals surface area contributed by atoms with Crippen LogP contribution in [0.25, 0.3) is 17.0 Å². The highest BCUT2D eigenvalue weighted by molar-refractivity contribution is 6.12. The van der Waals surface area contributed by atoms with Crippen LogP contribution in [-0.2, 0) is 11.3 Å². The number of anilines is 1. The lowest BCUT2D eigenvalue weighted by Gasteiger charge is -2.07. The van der Waals surface area contributed by atoms with Gasteiger partial charge in [-0.05, 0) is 29.8 Å². The van der Waals surface area contributed by atoms with E-state index >= 15 is 0 Å². The van der Waals surface area contributed by atoms with Crippen LogP contribution in [0.1, 0.15) is 21.5 Å². The van der Waals surface area contributed by atoms with Crippen LogP contribution in [-0.4, -0.2) is 21.6 Å². The van der Waals surface area contributed by atoms with E-state index in [0.29, 0.717) is 6.54 Å². The van der Waals surface area contributed by atoms with E-state index in [-0.39, 0.29) is 16.8 Å². The average molecular weight is 421 g/mol. The van der Waals surface area contributed by atoms with Crippen LogP contribution < -0.4 is 5.32 Å². The third kappa shape index (κ3) is 4.27. The maximum absolute atomic E-state index is 12.8. The van der Waals surface area contributed by atoms with Crippen LogP contribution in [0.3, 0.4) is 0 Å². The first kappa shape index (κ1) is 20.6. The van der Waals surface area contributed by atoms with Crippen molar-refractivity contribution < 1.29 is 14.7 Å². The smallest absolute Gasteiger partial charge is 0.337 e. The molecular formula is C26H19N3O3. The molecule has 0 saturated heterocycles. The molecule has 6 heteroatoms. The molecule has 1 heterocycles. The molecule has 0 aliphatic carbocycles. The number of aromatic carboxylic acids is 1. The predicted octanol–water partition coefficient (Wildman–Crippen LogP) is 4.93. The second kappa shape index (κ2) is 9.02. The van der Waals surface area contributed by atoms with Crippen LogP contribution >= 0.6 is 0 Å². The summed E-state index contributed by atoms with van der Waals surface area (Å²) in [6.07, 6.45) is 3.44. The topological polar surface area (TPSA) is 95.1 Å². The maximum Gasteiger partial charge on any atom is 0.337 e. The number of rotatable bonds is 6. The third-order valence-electron chi connectivity index (χ3n) is 5.09. The monoisotopic (exact) mass is 421 g/mol. The van der Waals surface area contributed by atoms with E-state index in [0.717, 1.165) is 22.0 Å². The van der Waals surface area contributed by atoms with Gasteiger partial charge in [0.1, 0.15) is 11.6 Å². The molecule has 1 aromatic heterocycles. The molecule has 1 amide bonds. The zero-order valence-corrected chi connectivity index (χ0v) is 17.0. The third-order valence-corrected chi connectivity index (χ3v) is 5.09. The summed E-state index contributed by atoms with van der Waals surface area (Å²) in [5.74, 6) is -1.83. The van der Waals surface area contributed by atoms with Crippen molar-refractivity contribution in [3.8, 4) is 6.07 Å². The van der Waals surface area contributed by atoms with Crippen LogP contribution in [0.15, 0.2) is 90.6 Å². The van der Waals surface area contributed by atoms with Crippen molar-refractivity contribution in [2.45, 2.75) is 6.54 Å². The van der Waals surface area contributed by atoms with Gasteiger partial charge in [0.15, 0.2) is 0 Å². The summed E-state index contributed by atoms with van der Waals surface area (Å²) in [6.45, 7) is 0.648. The van der Waals surface area contributed by atoms with Crippen molar-refractivity contribution in [3.05, 3.63) is 107 Å². The molecule has 0 bridgehead atoms. The second-order valence-electron chi connectivity index (χ2n) is 7.19. The van der Waals surface area contributed by atoms with E-state index < -0.39 is 11.9 Å². The second-order valence-corrected chi connectivity index (χ2v) is 7.19. The molecule has 32 heavy (non-hydrogen) atoms. The molecule has 0 saturated carbocycles. The van der Waals surface area contributed by atoms with E-state index in [1.807, 2.05) is 66.9 Å². The number of carboxylic acid groups (broad SMARTS) is 1. The van der Waals surface area contributed by atoms with Crippen molar-refractivity contribution in [1.82, 2.24) is 4.57 Å². The van der Waals surface area contributed by atoms with E-state index in [1.165, 1.54) is 18.2 Å². The minimum Gasteiger partial charge on any atom is -0.478 e. The lowest BCUT2D eigenvalue weighted by atomic mass is 10.1. The van der Waals surface area contributed by atoms with Crippen molar-refractivity contribution in [2.75, 3.05) is 5.32 Å². The summed E-state index contributed by atoms with van der Waals surface area (Å²) in [4.78, 5) is 24.2. The zero-order chi connectivity index (χ0) is 22.5. The van der Waals surface area contributed by atoms with Gasteiger partial charge in [-0.2, -0.15) is 5.26 Å². The van der Waals surface area contributed by atoms with E-state index in [1.54, 1.807) is 12.1 Å². The lowest BCUT2D eigenvalue weighted by molar-refractivity contribution is -0.112. The number of fused-ring (bicyclic) bond motifs is 1. The van der Waals surface area contributed by atoms with Crippen LogP contribution in [0, 0.1) is 11.3 Å². The predicted molar refractivity (Wildman–Crippen MR) is 123 cm³/mol. The molecular weight excluding hydrogens is 402 g/mol. The van der Waals surface area contributed by atoms with Crippen molar-refractivity contribution in [2.24, 2.45) is 0 Å². The first-order valence-corrected chi connectivity index (χ1v) is 9.94. The Bertz CT molecular complexity index is 1380. The lowest BCUT2D eigenvalue weighted by Crippen LogP contribution is -2.16. The number of carbonyl (C=O) groups excluding carboxylic acids is 1. The number of benzene rings is 3. The molecule has 4 aromatic rings. The number of nitriles is 1. The van der Waals surface area contributed by atoms with Gasteiger partial charge < -0.3 is 15.0 Å². The van der Waals surface area contributed by atoms with Gasteiger partial charge in [0.25, 0.3) is 5.91 Å². The Labute approximate surface area is 184 Å². The standard InChI is InChI=1S/C26H19N3O3/c27-15-19(25(30)28-23-12-6-4-11-22(23)26(31)32)14-20-17-29(16-18-8-2-1-3-9-18)24-13-7-5-10-21(20)24/h1-14,17H,16H2,(H,28,30)(H,31,32)/b19-14+. The number of amides is 1. The first-order chi connectivity index (χ1) is 15.6. The number of nitrogens with zero attached hydrogens (tertiary/aromatic N) is 2. The van der Waals surface area contributed by atoms with Crippen molar-refractivity contribution >= 4 is 34.5 Å². The minimum atomic E-state index is -1.16. The van der Waals surface area contributed by atoms with Gasteiger partial charge in [-0.3, -0.25) is 4.79 Å². The van der Waals surface area contributed by atoms with Gasteiger partial charge in [-0.15, -0.1) is 0 Å². The highest BCUT2D eigenvalue weighted by atomic mass is 16.4. The average Bonchev–Trinajstić information content (AvgIpc) is 3.15. The number of carboxylic acids is 1. The maximum atomic E-state index is 12.8. The summed E-state index contributed by atoms with van der Waals surface area (Å²) in [5, 5.41) is 22.4. The normalized spacial score (nSPS) is 11.2. The Morgan fingerprint density at radius 1 is 0.969 bits per heavy atom. The van der Waals surface area contributed by atoms with Crippen LogP contribution in [0.5, 0.6) is 0 Å². The number of hydrogen-bond donors (Lipinski definition) is 2. The van der Waals surface area contributed by atoms with Crippen LogP contribution in [0.2, 0.25) is 0 Å². The minimum absolute atomic E-state index is 0.0439. The van der Waals surface area contributed by atoms with E-state index in [2.05, 4.69) is 9.88 Å². The number of nitrogens with one attached hydrogen (secondary N) is 1. The van der Waals surface area contributed by atoms with Gasteiger partial charge in [-0.25, -0.2) is 4.79 Å². The molecule has 2 N–H and O–H groups in total. The molecule has 156 valence electrons. The molecule has 0 fully saturated rings.